The Balaban J connectivity index is 1.59. The summed E-state index contributed by atoms with van der Waals surface area (Å²) in [5, 5.41) is 24.5. The highest BCUT2D eigenvalue weighted by molar-refractivity contribution is 6.30. The van der Waals surface area contributed by atoms with Crippen molar-refractivity contribution in [2.75, 3.05) is 0 Å². The molecule has 6 nitrogen and oxygen atoms in total. The van der Waals surface area contributed by atoms with Crippen LogP contribution in [-0.2, 0) is 6.54 Å². The first kappa shape index (κ1) is 18.6. The van der Waals surface area contributed by atoms with Crippen LogP contribution in [0.3, 0.4) is 0 Å². The van der Waals surface area contributed by atoms with Gasteiger partial charge in [-0.05, 0) is 55.5 Å². The molecule has 0 unspecified atom stereocenters. The monoisotopic (exact) mass is 376 g/mol. The van der Waals surface area contributed by atoms with Gasteiger partial charge in [0.1, 0.15) is 5.75 Å². The Kier molecular flexibility index (Phi) is 6.08. The number of hydrogen-bond donors (Lipinski definition) is 2. The van der Waals surface area contributed by atoms with Gasteiger partial charge in [-0.3, -0.25) is 10.1 Å². The third-order valence-electron chi connectivity index (χ3n) is 4.56. The first-order valence-corrected chi connectivity index (χ1v) is 9.01. The van der Waals surface area contributed by atoms with E-state index in [0.29, 0.717) is 16.8 Å². The Morgan fingerprint density at radius 3 is 2.50 bits per heavy atom. The minimum absolute atomic E-state index is 0.151. The summed E-state index contributed by atoms with van der Waals surface area (Å²) in [4.78, 5) is 10.6. The number of nitro benzene ring substituents is 1. The zero-order chi connectivity index (χ0) is 18.5. The number of nitro groups is 1. The molecule has 0 aromatic heterocycles. The normalized spacial score (nSPS) is 19.9. The average Bonchev–Trinajstić information content (AvgIpc) is 2.64. The quantitative estimate of drug-likeness (QED) is 0.575. The molecule has 2 aromatic rings. The summed E-state index contributed by atoms with van der Waals surface area (Å²) in [6, 6.07) is 12.2. The van der Waals surface area contributed by atoms with Crippen LogP contribution in [0, 0.1) is 10.1 Å². The van der Waals surface area contributed by atoms with E-state index in [-0.39, 0.29) is 17.5 Å². The zero-order valence-electron chi connectivity index (χ0n) is 14.2. The number of halogens is 1. The fourth-order valence-corrected chi connectivity index (χ4v) is 3.23. The lowest BCUT2D eigenvalue weighted by atomic mass is 9.93. The smallest absolute Gasteiger partial charge is 0.313 e. The summed E-state index contributed by atoms with van der Waals surface area (Å²) in [6.45, 7) is 0.738. The summed E-state index contributed by atoms with van der Waals surface area (Å²) < 4.78 is 5.64. The first-order valence-electron chi connectivity index (χ1n) is 8.63. The molecule has 0 atom stereocenters. The van der Waals surface area contributed by atoms with Crippen molar-refractivity contribution in [3.05, 3.63) is 63.2 Å². The van der Waals surface area contributed by atoms with Gasteiger partial charge in [0.2, 0.25) is 5.75 Å². The van der Waals surface area contributed by atoms with E-state index in [9.17, 15) is 15.2 Å². The maximum Gasteiger partial charge on any atom is 0.313 e. The van der Waals surface area contributed by atoms with Crippen LogP contribution < -0.4 is 10.1 Å². The predicted octanol–water partition coefficient (Wildman–Crippen LogP) is 4.43. The average molecular weight is 377 g/mol. The number of aliphatic hydroxyl groups excluding tert-OH is 1. The zero-order valence-corrected chi connectivity index (χ0v) is 15.0. The van der Waals surface area contributed by atoms with Gasteiger partial charge in [0.15, 0.2) is 0 Å². The summed E-state index contributed by atoms with van der Waals surface area (Å²) in [7, 11) is 0. The molecule has 26 heavy (non-hydrogen) atoms. The molecule has 0 spiro atoms. The number of benzene rings is 2. The Morgan fingerprint density at radius 1 is 1.15 bits per heavy atom. The molecule has 1 fully saturated rings. The van der Waals surface area contributed by atoms with Crippen LogP contribution in [0.4, 0.5) is 5.69 Å². The van der Waals surface area contributed by atoms with E-state index in [0.717, 1.165) is 37.8 Å². The minimum Gasteiger partial charge on any atom is -0.450 e. The lowest BCUT2D eigenvalue weighted by molar-refractivity contribution is -0.385. The molecular formula is C19H21ClN2O4. The molecule has 0 aliphatic heterocycles. The van der Waals surface area contributed by atoms with Gasteiger partial charge < -0.3 is 15.2 Å². The summed E-state index contributed by atoms with van der Waals surface area (Å²) in [6.07, 6.45) is 3.53. The Bertz CT molecular complexity index is 759. The summed E-state index contributed by atoms with van der Waals surface area (Å²) in [5.41, 5.74) is 0.941. The van der Waals surface area contributed by atoms with Gasteiger partial charge in [-0.25, -0.2) is 0 Å². The van der Waals surface area contributed by atoms with Crippen molar-refractivity contribution in [1.82, 2.24) is 5.32 Å². The largest absolute Gasteiger partial charge is 0.450 e. The molecule has 1 aliphatic rings. The van der Waals surface area contributed by atoms with Gasteiger partial charge in [0, 0.05) is 23.7 Å². The van der Waals surface area contributed by atoms with Crippen LogP contribution in [0.2, 0.25) is 5.02 Å². The van der Waals surface area contributed by atoms with Crippen LogP contribution in [0.1, 0.15) is 31.2 Å². The number of rotatable bonds is 6. The molecule has 7 heteroatoms. The molecular weight excluding hydrogens is 356 g/mol. The van der Waals surface area contributed by atoms with Crippen LogP contribution in [0.15, 0.2) is 42.5 Å². The van der Waals surface area contributed by atoms with E-state index in [1.54, 1.807) is 18.2 Å². The fraction of sp³-hybridized carbons (Fsp3) is 0.368. The van der Waals surface area contributed by atoms with E-state index >= 15 is 0 Å². The third kappa shape index (κ3) is 4.94. The fourth-order valence-electron chi connectivity index (χ4n) is 3.06. The third-order valence-corrected chi connectivity index (χ3v) is 4.80. The second-order valence-electron chi connectivity index (χ2n) is 6.50. The van der Waals surface area contributed by atoms with E-state index in [1.165, 1.54) is 12.1 Å². The molecule has 2 aromatic carbocycles. The molecule has 0 bridgehead atoms. The topological polar surface area (TPSA) is 84.6 Å². The van der Waals surface area contributed by atoms with Gasteiger partial charge in [-0.15, -0.1) is 0 Å². The molecule has 1 saturated carbocycles. The van der Waals surface area contributed by atoms with Gasteiger partial charge in [-0.2, -0.15) is 0 Å². The molecule has 2 N–H and O–H groups in total. The molecule has 0 saturated heterocycles. The lowest BCUT2D eigenvalue weighted by Crippen LogP contribution is -2.34. The highest BCUT2D eigenvalue weighted by Gasteiger charge is 2.19. The van der Waals surface area contributed by atoms with Crippen molar-refractivity contribution >= 4 is 17.3 Å². The lowest BCUT2D eigenvalue weighted by Gasteiger charge is -2.26. The van der Waals surface area contributed by atoms with E-state index in [4.69, 9.17) is 16.3 Å². The highest BCUT2D eigenvalue weighted by Crippen LogP contribution is 2.33. The van der Waals surface area contributed by atoms with Crippen LogP contribution in [0.25, 0.3) is 0 Å². The second-order valence-corrected chi connectivity index (χ2v) is 6.94. The van der Waals surface area contributed by atoms with Gasteiger partial charge in [0.25, 0.3) is 0 Å². The summed E-state index contributed by atoms with van der Waals surface area (Å²) in [5.74, 6) is 0.686. The van der Waals surface area contributed by atoms with Crippen molar-refractivity contribution in [2.24, 2.45) is 0 Å². The van der Waals surface area contributed by atoms with E-state index < -0.39 is 4.92 Å². The molecule has 0 amide bonds. The van der Waals surface area contributed by atoms with Crippen molar-refractivity contribution in [2.45, 2.75) is 44.4 Å². The number of nitrogens with one attached hydrogen (secondary N) is 1. The van der Waals surface area contributed by atoms with Crippen LogP contribution in [0.5, 0.6) is 11.5 Å². The van der Waals surface area contributed by atoms with E-state index in [2.05, 4.69) is 5.32 Å². The Morgan fingerprint density at radius 2 is 1.85 bits per heavy atom. The molecule has 138 valence electrons. The number of hydrogen-bond acceptors (Lipinski definition) is 5. The standard InChI is InChI=1S/C19H21ClN2O4/c20-14-3-10-19(18(11-14)22(24)25)26-17-8-1-13(2-9-17)12-21-15-4-6-16(23)7-5-15/h1-3,8-11,15-16,21,23H,4-7,12H2. The van der Waals surface area contributed by atoms with Crippen LogP contribution >= 0.6 is 11.6 Å². The maximum atomic E-state index is 11.1. The van der Waals surface area contributed by atoms with E-state index in [1.807, 2.05) is 12.1 Å². The van der Waals surface area contributed by atoms with Gasteiger partial charge in [-0.1, -0.05) is 23.7 Å². The van der Waals surface area contributed by atoms with Crippen molar-refractivity contribution in [1.29, 1.82) is 0 Å². The maximum absolute atomic E-state index is 11.1. The van der Waals surface area contributed by atoms with Crippen molar-refractivity contribution < 1.29 is 14.8 Å². The van der Waals surface area contributed by atoms with Gasteiger partial charge in [0.05, 0.1) is 11.0 Å². The summed E-state index contributed by atoms with van der Waals surface area (Å²) >= 11 is 5.81. The first-order chi connectivity index (χ1) is 12.5. The number of ether oxygens (including phenoxy) is 1. The second kappa shape index (κ2) is 8.49. The minimum atomic E-state index is -0.513. The van der Waals surface area contributed by atoms with Crippen molar-refractivity contribution in [3.63, 3.8) is 0 Å². The molecule has 0 radical (unpaired) electrons. The molecule has 3 rings (SSSR count). The number of nitrogens with zero attached hydrogens (tertiary/aromatic N) is 1. The van der Waals surface area contributed by atoms with Crippen LogP contribution in [-0.4, -0.2) is 22.2 Å². The number of aliphatic hydroxyl groups is 1. The van der Waals surface area contributed by atoms with Gasteiger partial charge >= 0.3 is 5.69 Å². The Hall–Kier alpha value is -2.15. The predicted molar refractivity (Wildman–Crippen MR) is 99.7 cm³/mol. The highest BCUT2D eigenvalue weighted by atomic mass is 35.5. The SMILES string of the molecule is O=[N+]([O-])c1cc(Cl)ccc1Oc1ccc(CNC2CCC(O)CC2)cc1. The van der Waals surface area contributed by atoms with Crippen molar-refractivity contribution in [3.8, 4) is 11.5 Å². The Labute approximate surface area is 156 Å². The molecule has 1 aliphatic carbocycles. The molecule has 0 heterocycles.